The summed E-state index contributed by atoms with van der Waals surface area (Å²) in [5.41, 5.74) is 5.02. The first-order valence-corrected chi connectivity index (χ1v) is 14.0. The zero-order chi connectivity index (χ0) is 28.9. The van der Waals surface area contributed by atoms with Crippen molar-refractivity contribution in [2.45, 2.75) is 51.6 Å². The second-order valence-electron chi connectivity index (χ2n) is 10.8. The van der Waals surface area contributed by atoms with Gasteiger partial charge in [-0.05, 0) is 72.1 Å². The molecule has 1 aliphatic carbocycles. The van der Waals surface area contributed by atoms with Gasteiger partial charge in [0.25, 0.3) is 0 Å². The van der Waals surface area contributed by atoms with Gasteiger partial charge in [-0.3, -0.25) is 9.78 Å². The van der Waals surface area contributed by atoms with Gasteiger partial charge in [-0.25, -0.2) is 9.37 Å². The van der Waals surface area contributed by atoms with Gasteiger partial charge in [-0.15, -0.1) is 0 Å². The normalized spacial score (nSPS) is 13.6. The Labute approximate surface area is 240 Å². The van der Waals surface area contributed by atoms with Crippen LogP contribution in [0, 0.1) is 11.7 Å². The molecule has 0 aliphatic heterocycles. The van der Waals surface area contributed by atoms with E-state index >= 15 is 4.39 Å². The van der Waals surface area contributed by atoms with Crippen molar-refractivity contribution in [1.82, 2.24) is 9.97 Å². The highest BCUT2D eigenvalue weighted by molar-refractivity contribution is 5.79. The number of halogens is 1. The lowest BCUT2D eigenvalue weighted by Gasteiger charge is -2.17. The van der Waals surface area contributed by atoms with Gasteiger partial charge >= 0.3 is 5.97 Å². The molecule has 0 radical (unpaired) electrons. The molecule has 0 N–H and O–H groups in total. The Balaban J connectivity index is 1.44. The lowest BCUT2D eigenvalue weighted by Crippen LogP contribution is -2.10. The lowest BCUT2D eigenvalue weighted by molar-refractivity contribution is -0.141. The first-order valence-electron chi connectivity index (χ1n) is 14.0. The molecule has 4 aromatic rings. The summed E-state index contributed by atoms with van der Waals surface area (Å²) in [7, 11) is 2.97. The Hall–Kier alpha value is -4.26. The van der Waals surface area contributed by atoms with Crippen LogP contribution in [0.3, 0.4) is 0 Å². The lowest BCUT2D eigenvalue weighted by atomic mass is 9.91. The molecule has 1 aliphatic rings. The molecule has 0 bridgehead atoms. The first kappa shape index (κ1) is 28.3. The molecule has 1 fully saturated rings. The second-order valence-corrected chi connectivity index (χ2v) is 10.8. The predicted molar refractivity (Wildman–Crippen MR) is 156 cm³/mol. The van der Waals surface area contributed by atoms with Gasteiger partial charge in [0.15, 0.2) is 0 Å². The smallest absolute Gasteiger partial charge is 0.306 e. The molecule has 6 nitrogen and oxygen atoms in total. The number of ether oxygens (including phenoxy) is 3. The van der Waals surface area contributed by atoms with Crippen molar-refractivity contribution in [2.75, 3.05) is 14.2 Å². The molecule has 7 heteroatoms. The number of hydrogen-bond acceptors (Lipinski definition) is 6. The Kier molecular flexibility index (Phi) is 8.62. The maximum absolute atomic E-state index is 15.0. The molecule has 1 atom stereocenters. The summed E-state index contributed by atoms with van der Waals surface area (Å²) in [4.78, 5) is 21.6. The number of carbonyl (C=O) groups is 1. The molecular weight excluding hydrogens is 519 g/mol. The van der Waals surface area contributed by atoms with E-state index in [4.69, 9.17) is 19.2 Å². The zero-order valence-corrected chi connectivity index (χ0v) is 23.9. The maximum atomic E-state index is 15.0. The summed E-state index contributed by atoms with van der Waals surface area (Å²) in [6.07, 6.45) is 4.21. The second kappa shape index (κ2) is 12.5. The van der Waals surface area contributed by atoms with Crippen LogP contribution in [0.25, 0.3) is 22.5 Å². The van der Waals surface area contributed by atoms with Crippen LogP contribution in [-0.4, -0.2) is 30.2 Å². The Morgan fingerprint density at radius 2 is 1.73 bits per heavy atom. The van der Waals surface area contributed by atoms with Crippen LogP contribution in [0.4, 0.5) is 4.39 Å². The molecule has 1 aromatic heterocycles. The molecule has 212 valence electrons. The highest BCUT2D eigenvalue weighted by atomic mass is 19.1. The first-order chi connectivity index (χ1) is 19.9. The van der Waals surface area contributed by atoms with Crippen molar-refractivity contribution in [3.8, 4) is 34.0 Å². The summed E-state index contributed by atoms with van der Waals surface area (Å²) >= 11 is 0. The number of benzene rings is 3. The number of hydrogen-bond donors (Lipinski definition) is 0. The Morgan fingerprint density at radius 3 is 2.41 bits per heavy atom. The summed E-state index contributed by atoms with van der Waals surface area (Å²) in [5.74, 6) is 1.60. The number of carbonyl (C=O) groups excluding carboxylic acids is 1. The van der Waals surface area contributed by atoms with Crippen molar-refractivity contribution in [2.24, 2.45) is 5.92 Å². The van der Waals surface area contributed by atoms with Crippen LogP contribution >= 0.6 is 0 Å². The predicted octanol–water partition coefficient (Wildman–Crippen LogP) is 7.72. The molecule has 41 heavy (non-hydrogen) atoms. The number of esters is 1. The van der Waals surface area contributed by atoms with Crippen LogP contribution in [0.2, 0.25) is 0 Å². The van der Waals surface area contributed by atoms with E-state index in [1.54, 1.807) is 25.4 Å². The molecule has 0 amide bonds. The van der Waals surface area contributed by atoms with E-state index in [2.05, 4.69) is 31.0 Å². The van der Waals surface area contributed by atoms with Gasteiger partial charge < -0.3 is 14.2 Å². The molecule has 5 rings (SSSR count). The average molecular weight is 555 g/mol. The summed E-state index contributed by atoms with van der Waals surface area (Å²) in [6, 6.07) is 20.6. The fourth-order valence-corrected chi connectivity index (χ4v) is 5.04. The quantitative estimate of drug-likeness (QED) is 0.177. The van der Waals surface area contributed by atoms with Crippen molar-refractivity contribution in [1.29, 1.82) is 0 Å². The molecule has 0 saturated heterocycles. The number of methoxy groups -OCH3 is 2. The molecule has 1 saturated carbocycles. The van der Waals surface area contributed by atoms with E-state index in [1.165, 1.54) is 18.7 Å². The van der Waals surface area contributed by atoms with E-state index < -0.39 is 5.82 Å². The van der Waals surface area contributed by atoms with Gasteiger partial charge in [0, 0.05) is 11.1 Å². The van der Waals surface area contributed by atoms with Gasteiger partial charge in [0.2, 0.25) is 0 Å². The van der Waals surface area contributed by atoms with Crippen LogP contribution in [-0.2, 0) is 16.1 Å². The van der Waals surface area contributed by atoms with Crippen molar-refractivity contribution in [3.05, 3.63) is 95.6 Å². The van der Waals surface area contributed by atoms with Crippen molar-refractivity contribution >= 4 is 5.97 Å². The summed E-state index contributed by atoms with van der Waals surface area (Å²) < 4.78 is 31.4. The highest BCUT2D eigenvalue weighted by Gasteiger charge is 2.34. The number of nitrogens with zero attached hydrogens (tertiary/aromatic N) is 2. The third-order valence-electron chi connectivity index (χ3n) is 7.58. The van der Waals surface area contributed by atoms with Crippen LogP contribution in [0.15, 0.2) is 72.9 Å². The third kappa shape index (κ3) is 6.73. The number of rotatable bonds is 11. The van der Waals surface area contributed by atoms with E-state index in [9.17, 15) is 4.79 Å². The monoisotopic (exact) mass is 554 g/mol. The SMILES string of the molecule is COC(=O)C[C@H](c1cccc(OCc2cnc(-c3cc(OC)ccc3F)c(-c3ccc(C(C)C)cc3)n2)c1)C1CC1. The average Bonchev–Trinajstić information content (AvgIpc) is 3.84. The molecule has 0 unspecified atom stereocenters. The fourth-order valence-electron chi connectivity index (χ4n) is 5.04. The summed E-state index contributed by atoms with van der Waals surface area (Å²) in [5, 5.41) is 0. The van der Waals surface area contributed by atoms with Crippen LogP contribution < -0.4 is 9.47 Å². The highest BCUT2D eigenvalue weighted by Crippen LogP contribution is 2.45. The fraction of sp³-hybridized carbons (Fsp3) is 0.324. The minimum absolute atomic E-state index is 0.114. The number of aromatic nitrogens is 2. The molecule has 1 heterocycles. The van der Waals surface area contributed by atoms with E-state index in [0.29, 0.717) is 52.4 Å². The largest absolute Gasteiger partial charge is 0.497 e. The van der Waals surface area contributed by atoms with E-state index in [1.807, 2.05) is 36.4 Å². The Bertz CT molecular complexity index is 1520. The standard InChI is InChI=1S/C34H35FN2O4/c1-21(2)22-8-12-24(13-9-22)33-34(30-17-27(39-3)14-15-31(30)35)36-19-26(37-33)20-41-28-7-5-6-25(16-28)29(23-10-11-23)18-32(38)40-4/h5-9,12-17,19,21,23,29H,10-11,18,20H2,1-4H3/t29-/m0/s1. The van der Waals surface area contributed by atoms with E-state index in [-0.39, 0.29) is 18.5 Å². The van der Waals surface area contributed by atoms with E-state index in [0.717, 1.165) is 24.0 Å². The Morgan fingerprint density at radius 1 is 0.951 bits per heavy atom. The van der Waals surface area contributed by atoms with Crippen molar-refractivity contribution in [3.63, 3.8) is 0 Å². The molecule has 3 aromatic carbocycles. The van der Waals surface area contributed by atoms with Crippen molar-refractivity contribution < 1.29 is 23.4 Å². The van der Waals surface area contributed by atoms with Gasteiger partial charge in [0.1, 0.15) is 23.9 Å². The molecular formula is C34H35FN2O4. The maximum Gasteiger partial charge on any atom is 0.306 e. The third-order valence-corrected chi connectivity index (χ3v) is 7.58. The molecule has 0 spiro atoms. The van der Waals surface area contributed by atoms with Gasteiger partial charge in [0.05, 0.1) is 43.9 Å². The topological polar surface area (TPSA) is 70.5 Å². The minimum Gasteiger partial charge on any atom is -0.497 e. The van der Waals surface area contributed by atoms with Crippen LogP contribution in [0.5, 0.6) is 11.5 Å². The minimum atomic E-state index is -0.405. The van der Waals surface area contributed by atoms with Gasteiger partial charge in [-0.1, -0.05) is 50.2 Å². The summed E-state index contributed by atoms with van der Waals surface area (Å²) in [6.45, 7) is 4.46. The zero-order valence-electron chi connectivity index (χ0n) is 23.9. The van der Waals surface area contributed by atoms with Crippen LogP contribution in [0.1, 0.15) is 61.8 Å². The van der Waals surface area contributed by atoms with Gasteiger partial charge in [-0.2, -0.15) is 0 Å².